The van der Waals surface area contributed by atoms with Gasteiger partial charge in [0.15, 0.2) is 0 Å². The Morgan fingerprint density at radius 3 is 2.84 bits per heavy atom. The third-order valence-corrected chi connectivity index (χ3v) is 6.32. The topological polar surface area (TPSA) is 91.7 Å². The first kappa shape index (κ1) is 22.8. The summed E-state index contributed by atoms with van der Waals surface area (Å²) in [6, 6.07) is 9.93. The zero-order valence-corrected chi connectivity index (χ0v) is 18.7. The molecule has 0 radical (unpaired) electrons. The highest BCUT2D eigenvalue weighted by atomic mass is 32.1. The molecule has 0 atom stereocenters. The molecule has 0 bridgehead atoms. The number of methoxy groups -OCH3 is 1. The summed E-state index contributed by atoms with van der Waals surface area (Å²) in [6.45, 7) is 3.93. The van der Waals surface area contributed by atoms with Crippen LogP contribution in [0.15, 0.2) is 24.3 Å². The highest BCUT2D eigenvalue weighted by Crippen LogP contribution is 2.37. The van der Waals surface area contributed by atoms with Gasteiger partial charge in [0.1, 0.15) is 16.8 Å². The number of amides is 2. The Balaban J connectivity index is 1.65. The Morgan fingerprint density at radius 1 is 1.29 bits per heavy atom. The minimum Gasteiger partial charge on any atom is -0.494 e. The molecule has 164 valence electrons. The van der Waals surface area contributed by atoms with Crippen molar-refractivity contribution in [3.63, 3.8) is 0 Å². The molecule has 2 amide bonds. The highest BCUT2D eigenvalue weighted by molar-refractivity contribution is 7.16. The molecule has 1 aromatic carbocycles. The van der Waals surface area contributed by atoms with E-state index >= 15 is 0 Å². The Hall–Kier alpha value is -2.89. The Labute approximate surface area is 186 Å². The molecule has 31 heavy (non-hydrogen) atoms. The number of hydrogen-bond acceptors (Lipinski definition) is 6. The van der Waals surface area contributed by atoms with E-state index in [0.717, 1.165) is 21.8 Å². The Kier molecular flexibility index (Phi) is 8.04. The van der Waals surface area contributed by atoms with Crippen molar-refractivity contribution in [2.75, 3.05) is 32.2 Å². The van der Waals surface area contributed by atoms with Gasteiger partial charge in [0, 0.05) is 25.0 Å². The monoisotopic (exact) mass is 441 g/mol. The van der Waals surface area contributed by atoms with Crippen LogP contribution in [0.3, 0.4) is 0 Å². The number of carbonyl (C=O) groups excluding carboxylic acids is 2. The van der Waals surface area contributed by atoms with Crippen LogP contribution in [0.25, 0.3) is 0 Å². The van der Waals surface area contributed by atoms with Crippen LogP contribution in [0.1, 0.15) is 41.3 Å². The SMILES string of the molecule is CCOc1ccccc1CCC(=O)Nc1sc2c(c1C#N)CCN(C(=O)CCOC)C2. The fourth-order valence-corrected chi connectivity index (χ4v) is 4.84. The average molecular weight is 442 g/mol. The van der Waals surface area contributed by atoms with Gasteiger partial charge in [-0.05, 0) is 37.0 Å². The van der Waals surface area contributed by atoms with E-state index in [1.54, 1.807) is 12.0 Å². The standard InChI is InChI=1S/C23H27N3O4S/c1-3-30-19-7-5-4-6-16(19)8-9-21(27)25-23-18(14-24)17-10-12-26(15-20(17)31-23)22(28)11-13-29-2/h4-7H,3,8-13,15H2,1-2H3,(H,25,27). The molecule has 2 heterocycles. The fourth-order valence-electron chi connectivity index (χ4n) is 3.61. The third-order valence-electron chi connectivity index (χ3n) is 5.19. The van der Waals surface area contributed by atoms with Crippen LogP contribution in [-0.2, 0) is 33.7 Å². The average Bonchev–Trinajstić information content (AvgIpc) is 3.12. The lowest BCUT2D eigenvalue weighted by molar-refractivity contribution is -0.133. The van der Waals surface area contributed by atoms with E-state index in [9.17, 15) is 14.9 Å². The van der Waals surface area contributed by atoms with Gasteiger partial charge in [0.25, 0.3) is 0 Å². The number of rotatable bonds is 9. The van der Waals surface area contributed by atoms with Crippen molar-refractivity contribution in [2.45, 2.75) is 39.2 Å². The lowest BCUT2D eigenvalue weighted by Gasteiger charge is -2.27. The normalized spacial score (nSPS) is 12.7. The molecule has 1 aromatic heterocycles. The summed E-state index contributed by atoms with van der Waals surface area (Å²) in [5.74, 6) is 0.688. The Morgan fingerprint density at radius 2 is 2.10 bits per heavy atom. The number of benzene rings is 1. The van der Waals surface area contributed by atoms with E-state index in [4.69, 9.17) is 9.47 Å². The zero-order valence-electron chi connectivity index (χ0n) is 17.9. The van der Waals surface area contributed by atoms with Gasteiger partial charge in [0.2, 0.25) is 11.8 Å². The molecule has 0 saturated carbocycles. The number of nitrogens with zero attached hydrogens (tertiary/aromatic N) is 2. The molecule has 1 N–H and O–H groups in total. The molecule has 0 saturated heterocycles. The maximum Gasteiger partial charge on any atom is 0.225 e. The van der Waals surface area contributed by atoms with Crippen molar-refractivity contribution >= 4 is 28.2 Å². The first-order valence-electron chi connectivity index (χ1n) is 10.4. The summed E-state index contributed by atoms with van der Waals surface area (Å²) < 4.78 is 10.6. The second-order valence-electron chi connectivity index (χ2n) is 7.22. The van der Waals surface area contributed by atoms with Gasteiger partial charge < -0.3 is 19.7 Å². The third kappa shape index (κ3) is 5.63. The number of para-hydroxylation sites is 1. The number of nitrogens with one attached hydrogen (secondary N) is 1. The molecule has 3 rings (SSSR count). The zero-order chi connectivity index (χ0) is 22.2. The second-order valence-corrected chi connectivity index (χ2v) is 8.32. The number of ether oxygens (including phenoxy) is 2. The summed E-state index contributed by atoms with van der Waals surface area (Å²) in [6.07, 6.45) is 1.80. The predicted molar refractivity (Wildman–Crippen MR) is 119 cm³/mol. The van der Waals surface area contributed by atoms with Gasteiger partial charge in [-0.2, -0.15) is 5.26 Å². The summed E-state index contributed by atoms with van der Waals surface area (Å²) >= 11 is 1.39. The smallest absolute Gasteiger partial charge is 0.225 e. The number of anilines is 1. The summed E-state index contributed by atoms with van der Waals surface area (Å²) in [5, 5.41) is 13.1. The molecular formula is C23H27N3O4S. The molecule has 1 aliphatic heterocycles. The summed E-state index contributed by atoms with van der Waals surface area (Å²) in [4.78, 5) is 27.6. The van der Waals surface area contributed by atoms with Crippen LogP contribution in [0, 0.1) is 11.3 Å². The summed E-state index contributed by atoms with van der Waals surface area (Å²) in [5.41, 5.74) is 2.45. The number of carbonyl (C=O) groups is 2. The van der Waals surface area contributed by atoms with Crippen molar-refractivity contribution < 1.29 is 19.1 Å². The van der Waals surface area contributed by atoms with E-state index in [2.05, 4.69) is 11.4 Å². The maximum absolute atomic E-state index is 12.6. The molecule has 2 aromatic rings. The van der Waals surface area contributed by atoms with Gasteiger partial charge in [-0.1, -0.05) is 18.2 Å². The van der Waals surface area contributed by atoms with Crippen LogP contribution in [0.5, 0.6) is 5.75 Å². The number of thiophene rings is 1. The quantitative estimate of drug-likeness (QED) is 0.643. The molecule has 0 unspecified atom stereocenters. The minimum absolute atomic E-state index is 0.0398. The number of hydrogen-bond donors (Lipinski definition) is 1. The summed E-state index contributed by atoms with van der Waals surface area (Å²) in [7, 11) is 1.57. The molecule has 7 nitrogen and oxygen atoms in total. The Bertz CT molecular complexity index is 980. The first-order chi connectivity index (χ1) is 15.1. The van der Waals surface area contributed by atoms with E-state index in [-0.39, 0.29) is 11.8 Å². The van der Waals surface area contributed by atoms with Gasteiger partial charge >= 0.3 is 0 Å². The highest BCUT2D eigenvalue weighted by Gasteiger charge is 2.27. The van der Waals surface area contributed by atoms with Crippen LogP contribution in [0.4, 0.5) is 5.00 Å². The van der Waals surface area contributed by atoms with E-state index < -0.39 is 0 Å². The molecule has 0 aliphatic carbocycles. The number of aryl methyl sites for hydroxylation is 1. The van der Waals surface area contributed by atoms with Gasteiger partial charge in [-0.3, -0.25) is 9.59 Å². The molecule has 0 fully saturated rings. The second kappa shape index (κ2) is 10.9. The van der Waals surface area contributed by atoms with E-state index in [1.165, 1.54) is 11.3 Å². The van der Waals surface area contributed by atoms with E-state index in [1.807, 2.05) is 31.2 Å². The lowest BCUT2D eigenvalue weighted by atomic mass is 10.0. The van der Waals surface area contributed by atoms with Gasteiger partial charge in [-0.15, -0.1) is 11.3 Å². The molecule has 1 aliphatic rings. The molecule has 8 heteroatoms. The number of nitriles is 1. The minimum atomic E-state index is -0.144. The van der Waals surface area contributed by atoms with Crippen LogP contribution in [-0.4, -0.2) is 43.6 Å². The van der Waals surface area contributed by atoms with Crippen molar-refractivity contribution in [1.82, 2.24) is 4.90 Å². The predicted octanol–water partition coefficient (Wildman–Crippen LogP) is 3.51. The van der Waals surface area contributed by atoms with Crippen molar-refractivity contribution in [1.29, 1.82) is 5.26 Å². The van der Waals surface area contributed by atoms with E-state index in [0.29, 0.717) is 62.6 Å². The van der Waals surface area contributed by atoms with Gasteiger partial charge in [0.05, 0.1) is 31.7 Å². The van der Waals surface area contributed by atoms with Crippen LogP contribution < -0.4 is 10.1 Å². The lowest BCUT2D eigenvalue weighted by Crippen LogP contribution is -2.35. The van der Waals surface area contributed by atoms with Crippen molar-refractivity contribution in [3.8, 4) is 11.8 Å². The first-order valence-corrected chi connectivity index (χ1v) is 11.2. The van der Waals surface area contributed by atoms with Crippen molar-refractivity contribution in [3.05, 3.63) is 45.8 Å². The van der Waals surface area contributed by atoms with Crippen LogP contribution in [0.2, 0.25) is 0 Å². The van der Waals surface area contributed by atoms with Crippen LogP contribution >= 0.6 is 11.3 Å². The number of fused-ring (bicyclic) bond motifs is 1. The molecular weight excluding hydrogens is 414 g/mol. The molecule has 0 spiro atoms. The maximum atomic E-state index is 12.6. The fraction of sp³-hybridized carbons (Fsp3) is 0.435. The largest absolute Gasteiger partial charge is 0.494 e. The van der Waals surface area contributed by atoms with Crippen molar-refractivity contribution in [2.24, 2.45) is 0 Å². The van der Waals surface area contributed by atoms with Gasteiger partial charge in [-0.25, -0.2) is 0 Å².